The van der Waals surface area contributed by atoms with E-state index >= 15 is 0 Å². The largest absolute Gasteiger partial charge is 0.481 e. The van der Waals surface area contributed by atoms with Crippen molar-refractivity contribution in [1.82, 2.24) is 4.90 Å². The van der Waals surface area contributed by atoms with E-state index < -0.39 is 5.97 Å². The van der Waals surface area contributed by atoms with Crippen molar-refractivity contribution in [3.8, 4) is 0 Å². The first-order chi connectivity index (χ1) is 14.7. The molecule has 0 unspecified atom stereocenters. The van der Waals surface area contributed by atoms with Gasteiger partial charge >= 0.3 is 5.97 Å². The third kappa shape index (κ3) is 7.24. The summed E-state index contributed by atoms with van der Waals surface area (Å²) in [6.07, 6.45) is -0.408. The lowest BCUT2D eigenvalue weighted by Crippen LogP contribution is -2.38. The second-order valence-corrected chi connectivity index (χ2v) is 8.30. The maximum Gasteiger partial charge on any atom is 0.303 e. The number of nitrogens with zero attached hydrogens (tertiary/aromatic N) is 1. The number of carbonyl (C=O) groups excluding carboxylic acids is 2. The normalized spacial score (nSPS) is 10.9. The molecule has 2 aromatic carbocycles. The van der Waals surface area contributed by atoms with Crippen LogP contribution < -0.4 is 5.32 Å². The van der Waals surface area contributed by atoms with Gasteiger partial charge in [-0.05, 0) is 28.5 Å². The van der Waals surface area contributed by atoms with Gasteiger partial charge in [-0.15, -0.1) is 0 Å². The SMILES string of the molecule is CC(C)c1cccc(C(C)C)c1NC(=O)CN(Cc1ccccc1)C(=O)CCC(=O)O. The summed E-state index contributed by atoms with van der Waals surface area (Å²) in [6, 6.07) is 15.4. The molecule has 0 aliphatic carbocycles. The second-order valence-electron chi connectivity index (χ2n) is 8.30. The van der Waals surface area contributed by atoms with Gasteiger partial charge in [-0.1, -0.05) is 76.2 Å². The molecule has 2 N–H and O–H groups in total. The van der Waals surface area contributed by atoms with Crippen LogP contribution in [0.2, 0.25) is 0 Å². The molecule has 0 spiro atoms. The molecule has 2 rings (SSSR count). The van der Waals surface area contributed by atoms with Crippen molar-refractivity contribution in [2.45, 2.75) is 58.9 Å². The molecule has 6 heteroatoms. The number of carbonyl (C=O) groups is 3. The highest BCUT2D eigenvalue weighted by atomic mass is 16.4. The van der Waals surface area contributed by atoms with Gasteiger partial charge in [-0.25, -0.2) is 0 Å². The lowest BCUT2D eigenvalue weighted by molar-refractivity contribution is -0.141. The van der Waals surface area contributed by atoms with Crippen molar-refractivity contribution < 1.29 is 19.5 Å². The Kier molecular flexibility index (Phi) is 8.79. The maximum atomic E-state index is 13.0. The number of carboxylic acid groups (broad SMARTS) is 1. The summed E-state index contributed by atoms with van der Waals surface area (Å²) in [5, 5.41) is 12.0. The van der Waals surface area contributed by atoms with Gasteiger partial charge in [-0.2, -0.15) is 0 Å². The number of amides is 2. The fourth-order valence-electron chi connectivity index (χ4n) is 3.46. The number of hydrogen-bond donors (Lipinski definition) is 2. The number of benzene rings is 2. The van der Waals surface area contributed by atoms with Gasteiger partial charge < -0.3 is 15.3 Å². The molecule has 0 saturated carbocycles. The zero-order valence-electron chi connectivity index (χ0n) is 18.7. The Morgan fingerprint density at radius 2 is 1.45 bits per heavy atom. The van der Waals surface area contributed by atoms with Crippen LogP contribution in [-0.2, 0) is 20.9 Å². The van der Waals surface area contributed by atoms with E-state index in [4.69, 9.17) is 5.11 Å². The number of carboxylic acids is 1. The van der Waals surface area contributed by atoms with Gasteiger partial charge in [-0.3, -0.25) is 14.4 Å². The monoisotopic (exact) mass is 424 g/mol. The maximum absolute atomic E-state index is 13.0. The molecule has 0 aromatic heterocycles. The van der Waals surface area contributed by atoms with Crippen molar-refractivity contribution in [3.05, 3.63) is 65.2 Å². The van der Waals surface area contributed by atoms with E-state index in [9.17, 15) is 14.4 Å². The predicted molar refractivity (Wildman–Crippen MR) is 122 cm³/mol. The fourth-order valence-corrected chi connectivity index (χ4v) is 3.46. The first kappa shape index (κ1) is 24.1. The minimum atomic E-state index is -1.04. The van der Waals surface area contributed by atoms with E-state index in [1.807, 2.05) is 48.5 Å². The molecule has 0 saturated heterocycles. The van der Waals surface area contributed by atoms with Crippen LogP contribution in [0.25, 0.3) is 0 Å². The molecule has 0 aliphatic rings. The molecule has 2 amide bonds. The first-order valence-electron chi connectivity index (χ1n) is 10.6. The van der Waals surface area contributed by atoms with Gasteiger partial charge in [0.1, 0.15) is 6.54 Å². The molecule has 0 atom stereocenters. The van der Waals surface area contributed by atoms with Crippen molar-refractivity contribution >= 4 is 23.5 Å². The number of hydrogen-bond acceptors (Lipinski definition) is 3. The number of nitrogens with one attached hydrogen (secondary N) is 1. The molecule has 2 aromatic rings. The minimum Gasteiger partial charge on any atom is -0.481 e. The highest BCUT2D eigenvalue weighted by molar-refractivity contribution is 5.96. The lowest BCUT2D eigenvalue weighted by Gasteiger charge is -2.24. The first-order valence-corrected chi connectivity index (χ1v) is 10.6. The van der Waals surface area contributed by atoms with Crippen molar-refractivity contribution in [2.75, 3.05) is 11.9 Å². The van der Waals surface area contributed by atoms with E-state index in [2.05, 4.69) is 33.0 Å². The van der Waals surface area contributed by atoms with Crippen LogP contribution in [0.3, 0.4) is 0 Å². The van der Waals surface area contributed by atoms with E-state index in [1.54, 1.807) is 0 Å². The molecule has 31 heavy (non-hydrogen) atoms. The Morgan fingerprint density at radius 3 is 1.97 bits per heavy atom. The molecule has 0 bridgehead atoms. The fraction of sp³-hybridized carbons (Fsp3) is 0.400. The summed E-state index contributed by atoms with van der Waals surface area (Å²) in [6.45, 7) is 8.41. The number of rotatable bonds is 10. The van der Waals surface area contributed by atoms with Gasteiger partial charge in [0.15, 0.2) is 0 Å². The van der Waals surface area contributed by atoms with Gasteiger partial charge in [0.25, 0.3) is 0 Å². The highest BCUT2D eigenvalue weighted by Crippen LogP contribution is 2.32. The topological polar surface area (TPSA) is 86.7 Å². The molecule has 6 nitrogen and oxygen atoms in total. The molecule has 166 valence electrons. The van der Waals surface area contributed by atoms with Gasteiger partial charge in [0, 0.05) is 18.7 Å². The number of para-hydroxylation sites is 1. The standard InChI is InChI=1S/C25H32N2O4/c1-17(2)20-11-8-12-21(18(3)4)25(20)26-22(28)16-27(23(29)13-14-24(30)31)15-19-9-6-5-7-10-19/h5-12,17-18H,13-16H2,1-4H3,(H,26,28)(H,30,31). The zero-order valence-corrected chi connectivity index (χ0v) is 18.7. The summed E-state index contributed by atoms with van der Waals surface area (Å²) in [7, 11) is 0. The zero-order chi connectivity index (χ0) is 23.0. The third-order valence-corrected chi connectivity index (χ3v) is 5.09. The van der Waals surface area contributed by atoms with Crippen LogP contribution in [0.15, 0.2) is 48.5 Å². The third-order valence-electron chi connectivity index (χ3n) is 5.09. The second kappa shape index (κ2) is 11.3. The van der Waals surface area contributed by atoms with Crippen LogP contribution in [-0.4, -0.2) is 34.3 Å². The molecule has 0 heterocycles. The van der Waals surface area contributed by atoms with Crippen molar-refractivity contribution in [1.29, 1.82) is 0 Å². The number of anilines is 1. The minimum absolute atomic E-state index is 0.142. The Bertz CT molecular complexity index is 881. The summed E-state index contributed by atoms with van der Waals surface area (Å²) >= 11 is 0. The van der Waals surface area contributed by atoms with Gasteiger partial charge in [0.05, 0.1) is 6.42 Å². The molecule has 0 fully saturated rings. The van der Waals surface area contributed by atoms with E-state index in [0.717, 1.165) is 22.4 Å². The summed E-state index contributed by atoms with van der Waals surface area (Å²) in [4.78, 5) is 38.0. The van der Waals surface area contributed by atoms with Crippen LogP contribution >= 0.6 is 0 Å². The van der Waals surface area contributed by atoms with Crippen LogP contribution in [0.4, 0.5) is 5.69 Å². The summed E-state index contributed by atoms with van der Waals surface area (Å²) in [5.74, 6) is -1.24. The summed E-state index contributed by atoms with van der Waals surface area (Å²) < 4.78 is 0. The van der Waals surface area contributed by atoms with E-state index in [0.29, 0.717) is 0 Å². The van der Waals surface area contributed by atoms with Crippen LogP contribution in [0, 0.1) is 0 Å². The molecule has 0 aliphatic heterocycles. The average Bonchev–Trinajstić information content (AvgIpc) is 2.72. The Hall–Kier alpha value is -3.15. The molecular weight excluding hydrogens is 392 g/mol. The van der Waals surface area contributed by atoms with Gasteiger partial charge in [0.2, 0.25) is 11.8 Å². The smallest absolute Gasteiger partial charge is 0.303 e. The molecular formula is C25H32N2O4. The predicted octanol–water partition coefficient (Wildman–Crippen LogP) is 4.77. The Balaban J connectivity index is 2.23. The van der Waals surface area contributed by atoms with Crippen molar-refractivity contribution in [2.24, 2.45) is 0 Å². The average molecular weight is 425 g/mol. The van der Waals surface area contributed by atoms with Crippen molar-refractivity contribution in [3.63, 3.8) is 0 Å². The number of aliphatic carboxylic acids is 1. The van der Waals surface area contributed by atoms with E-state index in [-0.39, 0.29) is 49.6 Å². The highest BCUT2D eigenvalue weighted by Gasteiger charge is 2.21. The Labute approximate surface area is 184 Å². The Morgan fingerprint density at radius 1 is 0.871 bits per heavy atom. The van der Waals surface area contributed by atoms with Crippen LogP contribution in [0.1, 0.15) is 69.1 Å². The van der Waals surface area contributed by atoms with E-state index in [1.165, 1.54) is 4.90 Å². The van der Waals surface area contributed by atoms with Crippen LogP contribution in [0.5, 0.6) is 0 Å². The molecule has 0 radical (unpaired) electrons. The lowest BCUT2D eigenvalue weighted by atomic mass is 9.92. The summed E-state index contributed by atoms with van der Waals surface area (Å²) in [5.41, 5.74) is 3.78. The quantitative estimate of drug-likeness (QED) is 0.575.